The Morgan fingerprint density at radius 1 is 0.955 bits per heavy atom. The topological polar surface area (TPSA) is 36.9 Å². The summed E-state index contributed by atoms with van der Waals surface area (Å²) in [5.41, 5.74) is 2.39. The Kier molecular flexibility index (Phi) is 6.67. The zero-order valence-corrected chi connectivity index (χ0v) is 14.6. The summed E-state index contributed by atoms with van der Waals surface area (Å²) in [4.78, 5) is 10.3. The Balaban J connectivity index is 0.00000176. The molecule has 116 valence electrons. The van der Waals surface area contributed by atoms with Crippen LogP contribution in [0.4, 0.5) is 0 Å². The van der Waals surface area contributed by atoms with E-state index in [1.807, 2.05) is 41.5 Å². The van der Waals surface area contributed by atoms with Gasteiger partial charge in [0.2, 0.25) is 5.96 Å². The number of halogens is 1. The van der Waals surface area contributed by atoms with Crippen molar-refractivity contribution in [2.24, 2.45) is 4.99 Å². The van der Waals surface area contributed by atoms with E-state index in [1.165, 1.54) is 5.56 Å². The molecule has 1 heterocycles. The van der Waals surface area contributed by atoms with Crippen LogP contribution in [0.3, 0.4) is 0 Å². The predicted octanol–water partition coefficient (Wildman–Crippen LogP) is 3.20. The van der Waals surface area contributed by atoms with Gasteiger partial charge in [-0.25, -0.2) is 10.1 Å². The van der Waals surface area contributed by atoms with Crippen molar-refractivity contribution < 1.29 is 4.84 Å². The van der Waals surface area contributed by atoms with E-state index in [0.717, 1.165) is 31.2 Å². The number of benzene rings is 2. The molecular weight excluding hydrogens is 389 g/mol. The quantitative estimate of drug-likeness (QED) is 0.771. The third-order valence-corrected chi connectivity index (χ3v) is 3.32. The summed E-state index contributed by atoms with van der Waals surface area (Å²) in [5.74, 6) is 0.815. The van der Waals surface area contributed by atoms with Crippen molar-refractivity contribution in [2.75, 3.05) is 13.1 Å². The number of nitrogens with zero attached hydrogens (tertiary/aromatic N) is 2. The summed E-state index contributed by atoms with van der Waals surface area (Å²) >= 11 is 0. The lowest BCUT2D eigenvalue weighted by Gasteiger charge is -2.20. The Labute approximate surface area is 148 Å². The maximum Gasteiger partial charge on any atom is 0.218 e. The predicted molar refractivity (Wildman–Crippen MR) is 98.9 cm³/mol. The van der Waals surface area contributed by atoms with E-state index in [-0.39, 0.29) is 24.0 Å². The van der Waals surface area contributed by atoms with E-state index in [2.05, 4.69) is 34.6 Å². The summed E-state index contributed by atoms with van der Waals surface area (Å²) in [6.45, 7) is 2.88. The summed E-state index contributed by atoms with van der Waals surface area (Å²) < 4.78 is 0. The molecule has 0 radical (unpaired) electrons. The number of hydrogen-bond acceptors (Lipinski definition) is 4. The highest BCUT2D eigenvalue weighted by atomic mass is 127. The zero-order chi connectivity index (χ0) is 14.3. The SMILES string of the molecule is I.c1ccc(CNC2=NCCN2OCc2ccccc2)cc1. The second-order valence-electron chi connectivity index (χ2n) is 4.91. The molecule has 2 aromatic rings. The third-order valence-electron chi connectivity index (χ3n) is 3.32. The fraction of sp³-hybridized carbons (Fsp3) is 0.235. The fourth-order valence-electron chi connectivity index (χ4n) is 2.20. The molecule has 0 atom stereocenters. The molecule has 0 aliphatic carbocycles. The molecule has 4 nitrogen and oxygen atoms in total. The van der Waals surface area contributed by atoms with Gasteiger partial charge in [0.15, 0.2) is 0 Å². The van der Waals surface area contributed by atoms with E-state index < -0.39 is 0 Å². The number of aliphatic imine (C=N–C) groups is 1. The normalized spacial score (nSPS) is 13.5. The molecule has 0 unspecified atom stereocenters. The summed E-state index contributed by atoms with van der Waals surface area (Å²) in [6.07, 6.45) is 0. The van der Waals surface area contributed by atoms with E-state index >= 15 is 0 Å². The van der Waals surface area contributed by atoms with Gasteiger partial charge in [-0.15, -0.1) is 24.0 Å². The van der Waals surface area contributed by atoms with Gasteiger partial charge in [0.1, 0.15) is 6.61 Å². The van der Waals surface area contributed by atoms with Gasteiger partial charge in [-0.3, -0.25) is 4.84 Å². The van der Waals surface area contributed by atoms with E-state index in [9.17, 15) is 0 Å². The van der Waals surface area contributed by atoms with Crippen LogP contribution >= 0.6 is 24.0 Å². The third kappa shape index (κ3) is 4.71. The van der Waals surface area contributed by atoms with Crippen LogP contribution in [-0.2, 0) is 18.0 Å². The van der Waals surface area contributed by atoms with Crippen LogP contribution in [0.25, 0.3) is 0 Å². The Morgan fingerprint density at radius 2 is 1.59 bits per heavy atom. The van der Waals surface area contributed by atoms with E-state index in [1.54, 1.807) is 0 Å². The van der Waals surface area contributed by atoms with Crippen molar-refractivity contribution >= 4 is 29.9 Å². The smallest absolute Gasteiger partial charge is 0.218 e. The number of hydroxylamine groups is 2. The molecule has 22 heavy (non-hydrogen) atoms. The summed E-state index contributed by atoms with van der Waals surface area (Å²) in [7, 11) is 0. The van der Waals surface area contributed by atoms with E-state index in [4.69, 9.17) is 4.84 Å². The lowest BCUT2D eigenvalue weighted by atomic mass is 10.2. The van der Waals surface area contributed by atoms with Crippen LogP contribution in [0, 0.1) is 0 Å². The second-order valence-corrected chi connectivity index (χ2v) is 4.91. The Bertz CT molecular complexity index is 589. The van der Waals surface area contributed by atoms with Gasteiger partial charge < -0.3 is 5.32 Å². The van der Waals surface area contributed by atoms with Crippen molar-refractivity contribution in [3.8, 4) is 0 Å². The highest BCUT2D eigenvalue weighted by Gasteiger charge is 2.17. The van der Waals surface area contributed by atoms with E-state index in [0.29, 0.717) is 6.61 Å². The van der Waals surface area contributed by atoms with Crippen molar-refractivity contribution in [1.82, 2.24) is 10.4 Å². The van der Waals surface area contributed by atoms with Crippen LogP contribution in [0.5, 0.6) is 0 Å². The Hall–Kier alpha value is -1.60. The monoisotopic (exact) mass is 409 g/mol. The molecule has 0 spiro atoms. The van der Waals surface area contributed by atoms with Gasteiger partial charge in [-0.1, -0.05) is 60.7 Å². The van der Waals surface area contributed by atoms with Crippen LogP contribution < -0.4 is 5.32 Å². The molecule has 1 aliphatic heterocycles. The van der Waals surface area contributed by atoms with Gasteiger partial charge in [0.25, 0.3) is 0 Å². The number of hydrogen-bond donors (Lipinski definition) is 1. The molecule has 0 bridgehead atoms. The molecule has 0 saturated heterocycles. The molecule has 0 fully saturated rings. The minimum atomic E-state index is 0. The minimum Gasteiger partial charge on any atom is -0.350 e. The molecule has 0 aromatic heterocycles. The lowest BCUT2D eigenvalue weighted by molar-refractivity contribution is -0.106. The number of nitrogens with one attached hydrogen (secondary N) is 1. The van der Waals surface area contributed by atoms with Crippen molar-refractivity contribution in [3.05, 3.63) is 71.8 Å². The Morgan fingerprint density at radius 3 is 2.27 bits per heavy atom. The average molecular weight is 409 g/mol. The first-order valence-corrected chi connectivity index (χ1v) is 7.18. The first-order valence-electron chi connectivity index (χ1n) is 7.18. The van der Waals surface area contributed by atoms with Gasteiger partial charge >= 0.3 is 0 Å². The number of guanidine groups is 1. The van der Waals surface area contributed by atoms with Crippen molar-refractivity contribution in [3.63, 3.8) is 0 Å². The zero-order valence-electron chi connectivity index (χ0n) is 12.3. The average Bonchev–Trinajstić information content (AvgIpc) is 3.00. The molecule has 2 aromatic carbocycles. The molecule has 1 N–H and O–H groups in total. The van der Waals surface area contributed by atoms with Crippen LogP contribution in [0.15, 0.2) is 65.7 Å². The molecule has 3 rings (SSSR count). The summed E-state index contributed by atoms with van der Waals surface area (Å²) in [5, 5.41) is 5.18. The van der Waals surface area contributed by atoms with Gasteiger partial charge in [0.05, 0.1) is 13.1 Å². The van der Waals surface area contributed by atoms with Crippen LogP contribution in [0.2, 0.25) is 0 Å². The maximum atomic E-state index is 5.83. The lowest BCUT2D eigenvalue weighted by Crippen LogP contribution is -2.37. The highest BCUT2D eigenvalue weighted by molar-refractivity contribution is 14.0. The maximum absolute atomic E-state index is 5.83. The first kappa shape index (κ1) is 16.8. The van der Waals surface area contributed by atoms with Gasteiger partial charge in [-0.05, 0) is 11.1 Å². The van der Waals surface area contributed by atoms with Gasteiger partial charge in [-0.2, -0.15) is 0 Å². The van der Waals surface area contributed by atoms with Crippen molar-refractivity contribution in [1.29, 1.82) is 0 Å². The number of rotatable bonds is 5. The first-order chi connectivity index (χ1) is 10.4. The van der Waals surface area contributed by atoms with Gasteiger partial charge in [0, 0.05) is 6.54 Å². The minimum absolute atomic E-state index is 0. The molecule has 0 amide bonds. The summed E-state index contributed by atoms with van der Waals surface area (Å²) in [6, 6.07) is 20.5. The fourth-order valence-corrected chi connectivity index (χ4v) is 2.20. The highest BCUT2D eigenvalue weighted by Crippen LogP contribution is 2.07. The molecule has 1 aliphatic rings. The van der Waals surface area contributed by atoms with Crippen molar-refractivity contribution in [2.45, 2.75) is 13.2 Å². The molecule has 0 saturated carbocycles. The molecule has 5 heteroatoms. The van der Waals surface area contributed by atoms with Crippen LogP contribution in [-0.4, -0.2) is 24.1 Å². The standard InChI is InChI=1S/C17H19N3O.HI/c1-3-7-15(8-4-1)13-19-17-18-11-12-20(17)21-14-16-9-5-2-6-10-16;/h1-10H,11-14H2,(H,18,19);1H. The van der Waals surface area contributed by atoms with Crippen LogP contribution in [0.1, 0.15) is 11.1 Å². The molecular formula is C17H20IN3O. The largest absolute Gasteiger partial charge is 0.350 e. The second kappa shape index (κ2) is 8.75.